The van der Waals surface area contributed by atoms with Crippen molar-refractivity contribution in [3.63, 3.8) is 0 Å². The lowest BCUT2D eigenvalue weighted by molar-refractivity contribution is -0.401. The molecule has 6 saturated heterocycles. The number of ether oxygens (including phenoxy) is 12. The molecule has 33 atom stereocenters. The molecular formula is C83H148N4O36. The molecule has 123 heavy (non-hydrogen) atoms. The number of nitrogens with one attached hydrogen (secondary N) is 4. The van der Waals surface area contributed by atoms with E-state index in [9.17, 15) is 121 Å². The fourth-order valence-corrected chi connectivity index (χ4v) is 16.6. The van der Waals surface area contributed by atoms with Gasteiger partial charge in [0.15, 0.2) is 31.5 Å². The van der Waals surface area contributed by atoms with E-state index in [1.807, 2.05) is 6.08 Å². The molecule has 6 rings (SSSR count). The Bertz CT molecular complexity index is 3000. The number of rotatable bonds is 58. The van der Waals surface area contributed by atoms with Gasteiger partial charge >= 0.3 is 5.97 Å². The molecule has 0 saturated carbocycles. The largest absolute Gasteiger partial charge is 0.477 e. The second-order valence-corrected chi connectivity index (χ2v) is 33.5. The summed E-state index contributed by atoms with van der Waals surface area (Å²) in [6.07, 6.45) is -22.4. The van der Waals surface area contributed by atoms with Gasteiger partial charge in [-0.15, -0.1) is 0 Å². The number of aliphatic carboxylic acids is 1. The van der Waals surface area contributed by atoms with E-state index < -0.39 is 278 Å². The number of carboxylic acid groups (broad SMARTS) is 1. The van der Waals surface area contributed by atoms with E-state index in [4.69, 9.17) is 56.8 Å². The highest BCUT2D eigenvalue weighted by Crippen LogP contribution is 2.42. The molecule has 23 N–H and O–H groups in total. The topological polar surface area (TPSA) is 629 Å². The lowest BCUT2D eigenvalue weighted by Gasteiger charge is -2.52. The molecular weight excluding hydrogens is 1630 g/mol. The number of aliphatic hydroxyl groups is 18. The molecule has 0 radical (unpaired) electrons. The van der Waals surface area contributed by atoms with Crippen molar-refractivity contribution in [2.45, 2.75) is 435 Å². The molecule has 0 spiro atoms. The minimum absolute atomic E-state index is 0.153. The minimum Gasteiger partial charge on any atom is -0.477 e. The van der Waals surface area contributed by atoms with Crippen molar-refractivity contribution >= 4 is 29.6 Å². The normalized spacial score (nSPS) is 35.4. The predicted octanol–water partition coefficient (Wildman–Crippen LogP) is -2.29. The van der Waals surface area contributed by atoms with E-state index in [-0.39, 0.29) is 12.3 Å². The maximum atomic E-state index is 13.7. The number of carbonyl (C=O) groups excluding carboxylic acids is 4. The van der Waals surface area contributed by atoms with Gasteiger partial charge in [-0.25, -0.2) is 4.79 Å². The minimum atomic E-state index is -3.39. The lowest BCUT2D eigenvalue weighted by atomic mass is 9.88. The van der Waals surface area contributed by atoms with E-state index in [2.05, 4.69) is 35.1 Å². The molecule has 4 amide bonds. The van der Waals surface area contributed by atoms with Crippen molar-refractivity contribution in [3.05, 3.63) is 12.2 Å². The van der Waals surface area contributed by atoms with Crippen LogP contribution >= 0.6 is 0 Å². The Kier molecular flexibility index (Phi) is 49.4. The maximum absolute atomic E-state index is 13.7. The van der Waals surface area contributed by atoms with Crippen LogP contribution in [-0.2, 0) is 80.8 Å². The summed E-state index contributed by atoms with van der Waals surface area (Å²) >= 11 is 0. The average molecular weight is 1780 g/mol. The van der Waals surface area contributed by atoms with Crippen LogP contribution in [0, 0.1) is 0 Å². The van der Waals surface area contributed by atoms with E-state index in [0.29, 0.717) is 12.8 Å². The SMILES string of the molecule is CCCCCCCCCCCCC/C=C/[C@@H](O)[C@H](CO[C@@H]1OC(CO)[C@@H](O[C@@H]2OC(CO)[C@H](O)[C@H](O[C@@H]3OC(CO)[C@@H](O[C@@H]4OC(CO)[C@H](O[C@@H]5OC(CO)[C@H](O)[C@H](O)C5NC(C)=O)[C@H](O[C@]5(C(=O)O)CC(O)[C@@H](NC(C)=O)C([C@H](O)[C@H](O)CO)O5)C4O)[C@H](O)C3NC(C)=O)C2O)[C@H](O)C1O)NC(=O)CCCCCCCCCCCCCCCCCCC. The van der Waals surface area contributed by atoms with Crippen molar-refractivity contribution in [1.82, 2.24) is 21.3 Å². The second kappa shape index (κ2) is 56.5. The summed E-state index contributed by atoms with van der Waals surface area (Å²) in [5, 5.41) is 224. The van der Waals surface area contributed by atoms with E-state index in [1.165, 1.54) is 122 Å². The van der Waals surface area contributed by atoms with Crippen LogP contribution in [0.3, 0.4) is 0 Å². The lowest BCUT2D eigenvalue weighted by Crippen LogP contribution is -2.72. The number of hydrogen-bond donors (Lipinski definition) is 23. The zero-order valence-corrected chi connectivity index (χ0v) is 71.9. The van der Waals surface area contributed by atoms with E-state index in [1.54, 1.807) is 6.08 Å². The van der Waals surface area contributed by atoms with Gasteiger partial charge in [-0.3, -0.25) is 19.2 Å². The molecule has 0 aliphatic carbocycles. The van der Waals surface area contributed by atoms with Crippen LogP contribution in [0.25, 0.3) is 0 Å². The van der Waals surface area contributed by atoms with Gasteiger partial charge in [0, 0.05) is 33.6 Å². The van der Waals surface area contributed by atoms with Crippen molar-refractivity contribution in [1.29, 1.82) is 0 Å². The number of amides is 4. The predicted molar refractivity (Wildman–Crippen MR) is 432 cm³/mol. The zero-order chi connectivity index (χ0) is 90.5. The first kappa shape index (κ1) is 108. The van der Waals surface area contributed by atoms with Gasteiger partial charge in [0.2, 0.25) is 23.6 Å². The first-order valence-electron chi connectivity index (χ1n) is 44.6. The summed E-state index contributed by atoms with van der Waals surface area (Å²) in [4.78, 5) is 65.5. The van der Waals surface area contributed by atoms with Gasteiger partial charge in [-0.1, -0.05) is 193 Å². The van der Waals surface area contributed by atoms with Crippen molar-refractivity contribution < 1.29 is 178 Å². The van der Waals surface area contributed by atoms with Gasteiger partial charge in [0.1, 0.15) is 140 Å². The average Bonchev–Trinajstić information content (AvgIpc) is 0.746. The summed E-state index contributed by atoms with van der Waals surface area (Å²) < 4.78 is 72.1. The second-order valence-electron chi connectivity index (χ2n) is 33.5. The number of unbranched alkanes of at least 4 members (excludes halogenated alkanes) is 27. The Labute approximate surface area is 719 Å². The van der Waals surface area contributed by atoms with Crippen molar-refractivity contribution in [2.75, 3.05) is 46.2 Å². The summed E-state index contributed by atoms with van der Waals surface area (Å²) in [7, 11) is 0. The third-order valence-corrected chi connectivity index (χ3v) is 23.6. The monoisotopic (exact) mass is 1780 g/mol. The summed E-state index contributed by atoms with van der Waals surface area (Å²) in [6.45, 7) is 0.0970. The fourth-order valence-electron chi connectivity index (χ4n) is 16.6. The molecule has 40 heteroatoms. The van der Waals surface area contributed by atoms with Crippen LogP contribution in [0.1, 0.15) is 234 Å². The highest BCUT2D eigenvalue weighted by Gasteiger charge is 2.63. The van der Waals surface area contributed by atoms with Gasteiger partial charge in [-0.05, 0) is 19.3 Å². The van der Waals surface area contributed by atoms with Crippen LogP contribution in [0.15, 0.2) is 12.2 Å². The van der Waals surface area contributed by atoms with Crippen molar-refractivity contribution in [2.24, 2.45) is 0 Å². The van der Waals surface area contributed by atoms with Gasteiger partial charge in [-0.2, -0.15) is 0 Å². The number of carbonyl (C=O) groups is 5. The number of hydrogen-bond acceptors (Lipinski definition) is 35. The highest BCUT2D eigenvalue weighted by molar-refractivity contribution is 5.77. The quantitative estimate of drug-likeness (QED) is 0.0225. The molecule has 0 aromatic carbocycles. The van der Waals surface area contributed by atoms with Crippen LogP contribution in [0.2, 0.25) is 0 Å². The number of carboxylic acids is 1. The molecule has 0 bridgehead atoms. The number of allylic oxidation sites excluding steroid dienone is 1. The molecule has 716 valence electrons. The molecule has 0 aromatic rings. The van der Waals surface area contributed by atoms with Gasteiger partial charge in [0.25, 0.3) is 5.79 Å². The van der Waals surface area contributed by atoms with Crippen LogP contribution in [0.5, 0.6) is 0 Å². The Hall–Kier alpha value is -4.11. The Morgan fingerprint density at radius 2 is 0.813 bits per heavy atom. The summed E-state index contributed by atoms with van der Waals surface area (Å²) in [5.41, 5.74) is 0. The highest BCUT2D eigenvalue weighted by atomic mass is 16.8. The molecule has 12 unspecified atom stereocenters. The Balaban J connectivity index is 1.17. The Morgan fingerprint density at radius 3 is 1.28 bits per heavy atom. The standard InChI is InChI=1S/C83H148N4O36/c1-6-8-10-12-14-16-18-20-21-22-23-25-27-29-31-33-35-37-58(100)87-49(50(97)36-34-32-30-28-26-24-19-17-15-13-11-9-7-2)45-112-79-68(107)67(106)72(56(43-92)116-79)119-80-69(108)75(64(103)54(41-90)114-80)121-78-61(86-48(5)96)66(105)71(55(42-91)115-78)118-81-70(109)76(73(57(44-93)117-81)120-77-60(85-47(4)95)65(104)63(102)53(40-89)113-77)123-83(82(110)111)38-51(98)59(84-46(3)94)74(122-83)62(101)52(99)39-88/h34,36,49-57,59-81,88-93,97-99,101-109H,6-33,35,37-45H2,1-5H3,(H,84,94)(H,85,95)(H,86,96)(H,87,100)(H,110,111)/b36-34+/t49-,50+,51?,52+,53?,54?,55?,56?,57?,59+,60?,61?,62+,63-,64-,65+,66+,67+,68?,69?,70?,71+,72+,73-,74?,75-,76+,77-,78-,79+,80-,81-,83-/m0/s1. The van der Waals surface area contributed by atoms with Gasteiger partial charge < -0.3 is 175 Å². The molecule has 6 heterocycles. The zero-order valence-electron chi connectivity index (χ0n) is 71.9. The first-order chi connectivity index (χ1) is 58.9. The smallest absolute Gasteiger partial charge is 0.364 e. The summed E-state index contributed by atoms with van der Waals surface area (Å²) in [5.74, 6) is -8.64. The third kappa shape index (κ3) is 32.7. The molecule has 6 fully saturated rings. The third-order valence-electron chi connectivity index (χ3n) is 23.6. The molecule has 6 aliphatic heterocycles. The Morgan fingerprint density at radius 1 is 0.423 bits per heavy atom. The fraction of sp³-hybridized carbons (Fsp3) is 0.916. The van der Waals surface area contributed by atoms with Crippen molar-refractivity contribution in [3.8, 4) is 0 Å². The van der Waals surface area contributed by atoms with Crippen LogP contribution in [-0.4, -0.2) is 375 Å². The molecule has 0 aromatic heterocycles. The van der Waals surface area contributed by atoms with Crippen LogP contribution < -0.4 is 21.3 Å². The number of aliphatic hydroxyl groups excluding tert-OH is 18. The van der Waals surface area contributed by atoms with Gasteiger partial charge in [0.05, 0.1) is 70.5 Å². The summed E-state index contributed by atoms with van der Waals surface area (Å²) in [6, 6.07) is -6.67. The van der Waals surface area contributed by atoms with E-state index in [0.717, 1.165) is 72.1 Å². The van der Waals surface area contributed by atoms with E-state index >= 15 is 0 Å². The molecule has 6 aliphatic rings. The van der Waals surface area contributed by atoms with Crippen LogP contribution in [0.4, 0.5) is 0 Å². The molecule has 40 nitrogen and oxygen atoms in total. The first-order valence-corrected chi connectivity index (χ1v) is 44.6. The maximum Gasteiger partial charge on any atom is 0.364 e.